The lowest BCUT2D eigenvalue weighted by Gasteiger charge is -2.26. The molecule has 4 heteroatoms. The van der Waals surface area contributed by atoms with E-state index in [0.717, 1.165) is 51.6 Å². The van der Waals surface area contributed by atoms with Crippen LogP contribution >= 0.6 is 0 Å². The van der Waals surface area contributed by atoms with E-state index in [2.05, 4.69) is 20.8 Å². The van der Waals surface area contributed by atoms with Crippen LogP contribution in [0.3, 0.4) is 0 Å². The molecule has 1 N–H and O–H groups in total. The van der Waals surface area contributed by atoms with Gasteiger partial charge in [0.15, 0.2) is 18.9 Å². The first-order valence-corrected chi connectivity index (χ1v) is 8.28. The van der Waals surface area contributed by atoms with Gasteiger partial charge in [0.05, 0.1) is 0 Å². The Morgan fingerprint density at radius 1 is 0.750 bits per heavy atom. The fraction of sp³-hybridized carbons (Fsp3) is 1.00. The van der Waals surface area contributed by atoms with Crippen LogP contribution in [0.4, 0.5) is 0 Å². The van der Waals surface area contributed by atoms with E-state index in [4.69, 9.17) is 14.2 Å². The van der Waals surface area contributed by atoms with Gasteiger partial charge in [-0.3, -0.25) is 0 Å². The molecule has 0 aromatic heterocycles. The molecule has 20 heavy (non-hydrogen) atoms. The summed E-state index contributed by atoms with van der Waals surface area (Å²) < 4.78 is 17.2. The van der Waals surface area contributed by atoms with Crippen molar-refractivity contribution < 1.29 is 19.3 Å². The summed E-state index contributed by atoms with van der Waals surface area (Å²) in [5.41, 5.74) is 0. The first-order valence-electron chi connectivity index (χ1n) is 8.28. The molecule has 0 rings (SSSR count). The second-order valence-electron chi connectivity index (χ2n) is 5.18. The molecule has 0 amide bonds. The molecule has 0 aliphatic rings. The zero-order valence-electron chi connectivity index (χ0n) is 13.8. The molecule has 0 heterocycles. The summed E-state index contributed by atoms with van der Waals surface area (Å²) in [4.78, 5) is 0. The minimum absolute atomic E-state index is 0.225. The number of aliphatic hydroxyl groups excluding tert-OH is 1. The molecule has 122 valence electrons. The SMILES string of the molecule is CCCCOC(CCC)OC(CCC)OC(O)CCC. The van der Waals surface area contributed by atoms with Gasteiger partial charge in [-0.05, 0) is 25.7 Å². The molecule has 3 atom stereocenters. The monoisotopic (exact) mass is 290 g/mol. The smallest absolute Gasteiger partial charge is 0.163 e. The van der Waals surface area contributed by atoms with Gasteiger partial charge < -0.3 is 19.3 Å². The Morgan fingerprint density at radius 3 is 1.90 bits per heavy atom. The lowest BCUT2D eigenvalue weighted by molar-refractivity contribution is -0.289. The Bertz CT molecular complexity index is 199. The Labute approximate surface area is 124 Å². The van der Waals surface area contributed by atoms with Crippen molar-refractivity contribution in [2.75, 3.05) is 6.61 Å². The van der Waals surface area contributed by atoms with Gasteiger partial charge in [-0.15, -0.1) is 0 Å². The van der Waals surface area contributed by atoms with Gasteiger partial charge in [0, 0.05) is 6.61 Å². The minimum atomic E-state index is -0.741. The van der Waals surface area contributed by atoms with Crippen LogP contribution in [-0.4, -0.2) is 30.6 Å². The van der Waals surface area contributed by atoms with Crippen LogP contribution in [0.5, 0.6) is 0 Å². The number of rotatable bonds is 14. The topological polar surface area (TPSA) is 47.9 Å². The molecule has 4 nitrogen and oxygen atoms in total. The summed E-state index contributed by atoms with van der Waals surface area (Å²) in [5.74, 6) is 0. The van der Waals surface area contributed by atoms with E-state index in [9.17, 15) is 5.11 Å². The van der Waals surface area contributed by atoms with E-state index in [-0.39, 0.29) is 12.6 Å². The van der Waals surface area contributed by atoms with Gasteiger partial charge >= 0.3 is 0 Å². The first-order chi connectivity index (χ1) is 9.67. The Balaban J connectivity index is 4.24. The van der Waals surface area contributed by atoms with Crippen LogP contribution in [0.2, 0.25) is 0 Å². The van der Waals surface area contributed by atoms with Crippen LogP contribution in [0.25, 0.3) is 0 Å². The van der Waals surface area contributed by atoms with Gasteiger partial charge in [-0.25, -0.2) is 0 Å². The first kappa shape index (κ1) is 19.8. The molecule has 0 saturated carbocycles. The van der Waals surface area contributed by atoms with Crippen molar-refractivity contribution in [2.24, 2.45) is 0 Å². The summed E-state index contributed by atoms with van der Waals surface area (Å²) in [6, 6.07) is 0. The average Bonchev–Trinajstić information content (AvgIpc) is 2.39. The van der Waals surface area contributed by atoms with Crippen molar-refractivity contribution in [3.63, 3.8) is 0 Å². The molecule has 0 bridgehead atoms. The maximum atomic E-state index is 9.76. The Morgan fingerprint density at radius 2 is 1.35 bits per heavy atom. The molecule has 0 aromatic carbocycles. The maximum Gasteiger partial charge on any atom is 0.163 e. The van der Waals surface area contributed by atoms with E-state index in [1.165, 1.54) is 0 Å². The highest BCUT2D eigenvalue weighted by Gasteiger charge is 2.19. The standard InChI is InChI=1S/C16H34O4/c1-5-9-13-18-15(11-7-3)20-16(12-8-4)19-14(17)10-6-2/h14-17H,5-13H2,1-4H3. The van der Waals surface area contributed by atoms with Crippen LogP contribution in [0, 0.1) is 0 Å². The lowest BCUT2D eigenvalue weighted by atomic mass is 10.3. The average molecular weight is 290 g/mol. The van der Waals surface area contributed by atoms with Gasteiger partial charge in [0.1, 0.15) is 0 Å². The van der Waals surface area contributed by atoms with Crippen molar-refractivity contribution in [3.8, 4) is 0 Å². The van der Waals surface area contributed by atoms with Crippen LogP contribution in [0.1, 0.15) is 79.1 Å². The van der Waals surface area contributed by atoms with Crippen LogP contribution < -0.4 is 0 Å². The molecular formula is C16H34O4. The van der Waals surface area contributed by atoms with Gasteiger partial charge in [0.25, 0.3) is 0 Å². The highest BCUT2D eigenvalue weighted by atomic mass is 16.8. The quantitative estimate of drug-likeness (QED) is 0.384. The second kappa shape index (κ2) is 13.8. The number of unbranched alkanes of at least 4 members (excludes halogenated alkanes) is 1. The number of hydrogen-bond acceptors (Lipinski definition) is 4. The Hall–Kier alpha value is -0.160. The number of hydrogen-bond donors (Lipinski definition) is 1. The third-order valence-electron chi connectivity index (χ3n) is 3.00. The number of aliphatic hydroxyl groups is 1. The molecule has 0 aromatic rings. The normalized spacial score (nSPS) is 16.1. The van der Waals surface area contributed by atoms with E-state index >= 15 is 0 Å². The van der Waals surface area contributed by atoms with Gasteiger partial charge in [0.2, 0.25) is 0 Å². The third kappa shape index (κ3) is 10.6. The molecule has 0 spiro atoms. The zero-order valence-corrected chi connectivity index (χ0v) is 13.8. The van der Waals surface area contributed by atoms with E-state index in [1.54, 1.807) is 0 Å². The van der Waals surface area contributed by atoms with Crippen molar-refractivity contribution in [2.45, 2.75) is 97.9 Å². The van der Waals surface area contributed by atoms with E-state index < -0.39 is 6.29 Å². The van der Waals surface area contributed by atoms with Crippen molar-refractivity contribution in [1.29, 1.82) is 0 Å². The largest absolute Gasteiger partial charge is 0.368 e. The van der Waals surface area contributed by atoms with Crippen LogP contribution in [-0.2, 0) is 14.2 Å². The molecule has 3 unspecified atom stereocenters. The van der Waals surface area contributed by atoms with E-state index in [1.807, 2.05) is 6.92 Å². The zero-order chi connectivity index (χ0) is 15.2. The van der Waals surface area contributed by atoms with Gasteiger partial charge in [-0.1, -0.05) is 53.4 Å². The molecule has 0 radical (unpaired) electrons. The molecule has 0 fully saturated rings. The lowest BCUT2D eigenvalue weighted by Crippen LogP contribution is -2.30. The molecule has 0 saturated heterocycles. The summed E-state index contributed by atoms with van der Waals surface area (Å²) in [7, 11) is 0. The summed E-state index contributed by atoms with van der Waals surface area (Å²) in [5, 5.41) is 9.76. The molecular weight excluding hydrogens is 256 g/mol. The molecule has 0 aliphatic carbocycles. The summed E-state index contributed by atoms with van der Waals surface area (Å²) in [6.07, 6.45) is 5.94. The summed E-state index contributed by atoms with van der Waals surface area (Å²) in [6.45, 7) is 9.08. The van der Waals surface area contributed by atoms with Crippen LogP contribution in [0.15, 0.2) is 0 Å². The Kier molecular flexibility index (Phi) is 13.7. The predicted octanol–water partition coefficient (Wildman–Crippen LogP) is 4.21. The fourth-order valence-corrected chi connectivity index (χ4v) is 1.85. The fourth-order valence-electron chi connectivity index (χ4n) is 1.85. The highest BCUT2D eigenvalue weighted by molar-refractivity contribution is 4.52. The second-order valence-corrected chi connectivity index (χ2v) is 5.18. The van der Waals surface area contributed by atoms with E-state index in [0.29, 0.717) is 6.42 Å². The minimum Gasteiger partial charge on any atom is -0.368 e. The van der Waals surface area contributed by atoms with Crippen molar-refractivity contribution in [1.82, 2.24) is 0 Å². The van der Waals surface area contributed by atoms with Crippen molar-refractivity contribution >= 4 is 0 Å². The highest BCUT2D eigenvalue weighted by Crippen LogP contribution is 2.15. The van der Waals surface area contributed by atoms with Gasteiger partial charge in [-0.2, -0.15) is 0 Å². The molecule has 0 aliphatic heterocycles. The van der Waals surface area contributed by atoms with Crippen molar-refractivity contribution in [3.05, 3.63) is 0 Å². The third-order valence-corrected chi connectivity index (χ3v) is 3.00. The predicted molar refractivity (Wildman–Crippen MR) is 81.3 cm³/mol. The summed E-state index contributed by atoms with van der Waals surface area (Å²) >= 11 is 0. The maximum absolute atomic E-state index is 9.76. The number of ether oxygens (including phenoxy) is 3.